The Labute approximate surface area is 115 Å². The molecule has 4 nitrogen and oxygen atoms in total. The van der Waals surface area contributed by atoms with Gasteiger partial charge in [-0.1, -0.05) is 6.08 Å². The van der Waals surface area contributed by atoms with Crippen LogP contribution in [0.3, 0.4) is 0 Å². The number of nitrogens with one attached hydrogen (secondary N) is 2. The molecule has 1 heterocycles. The molecule has 1 aliphatic heterocycles. The zero-order chi connectivity index (χ0) is 13.3. The number of hydrogen-bond acceptors (Lipinski definition) is 3. The van der Waals surface area contributed by atoms with Gasteiger partial charge < -0.3 is 15.4 Å². The summed E-state index contributed by atoms with van der Waals surface area (Å²) in [5.74, 6) is 2.91. The molecule has 1 saturated heterocycles. The number of ether oxygens (including phenoxy) is 1. The van der Waals surface area contributed by atoms with Crippen LogP contribution < -0.4 is 10.6 Å². The van der Waals surface area contributed by atoms with E-state index in [4.69, 9.17) is 4.74 Å². The minimum absolute atomic E-state index is 0.0325. The molecule has 0 amide bonds. The summed E-state index contributed by atoms with van der Waals surface area (Å²) in [5.41, 5.74) is -0.0325. The minimum atomic E-state index is -0.0325. The number of guanidine groups is 1. The van der Waals surface area contributed by atoms with Gasteiger partial charge in [0.15, 0.2) is 5.96 Å². The van der Waals surface area contributed by atoms with E-state index in [2.05, 4.69) is 29.1 Å². The molecule has 0 aromatic heterocycles. The van der Waals surface area contributed by atoms with Crippen LogP contribution in [0, 0.1) is 0 Å². The first-order chi connectivity index (χ1) is 8.70. The second-order valence-electron chi connectivity index (χ2n) is 4.62. The van der Waals surface area contributed by atoms with Gasteiger partial charge in [0.05, 0.1) is 5.60 Å². The first kappa shape index (κ1) is 15.4. The van der Waals surface area contributed by atoms with Crippen LogP contribution >= 0.6 is 11.8 Å². The van der Waals surface area contributed by atoms with Crippen molar-refractivity contribution in [2.45, 2.75) is 25.4 Å². The molecule has 0 aliphatic carbocycles. The molecule has 0 spiro atoms. The molecule has 1 aliphatic rings. The summed E-state index contributed by atoms with van der Waals surface area (Å²) in [5, 5.41) is 6.62. The molecule has 0 aromatic carbocycles. The fraction of sp³-hybridized carbons (Fsp3) is 0.769. The molecule has 104 valence electrons. The number of nitrogens with zero attached hydrogens (tertiary/aromatic N) is 1. The van der Waals surface area contributed by atoms with E-state index < -0.39 is 0 Å². The van der Waals surface area contributed by atoms with Crippen LogP contribution in [-0.4, -0.2) is 49.8 Å². The predicted molar refractivity (Wildman–Crippen MR) is 80.5 cm³/mol. The molecular formula is C13H25N3OS. The Morgan fingerprint density at radius 1 is 1.56 bits per heavy atom. The summed E-state index contributed by atoms with van der Waals surface area (Å²) in [4.78, 5) is 4.21. The first-order valence-electron chi connectivity index (χ1n) is 6.47. The Morgan fingerprint density at radius 2 is 2.39 bits per heavy atom. The largest absolute Gasteiger partial charge is 0.373 e. The highest BCUT2D eigenvalue weighted by molar-refractivity contribution is 7.99. The summed E-state index contributed by atoms with van der Waals surface area (Å²) < 4.78 is 5.73. The lowest BCUT2D eigenvalue weighted by Gasteiger charge is -2.24. The van der Waals surface area contributed by atoms with Crippen LogP contribution in [0.1, 0.15) is 19.8 Å². The van der Waals surface area contributed by atoms with E-state index in [1.165, 1.54) is 0 Å². The normalized spacial score (nSPS) is 24.0. The van der Waals surface area contributed by atoms with E-state index in [0.29, 0.717) is 0 Å². The van der Waals surface area contributed by atoms with Crippen LogP contribution in [0.5, 0.6) is 0 Å². The van der Waals surface area contributed by atoms with Gasteiger partial charge >= 0.3 is 0 Å². The highest BCUT2D eigenvalue weighted by atomic mass is 32.2. The van der Waals surface area contributed by atoms with Crippen molar-refractivity contribution in [3.8, 4) is 0 Å². The highest BCUT2D eigenvalue weighted by Crippen LogP contribution is 2.23. The Morgan fingerprint density at radius 3 is 3.00 bits per heavy atom. The molecule has 2 N–H and O–H groups in total. The third-order valence-electron chi connectivity index (χ3n) is 2.93. The summed E-state index contributed by atoms with van der Waals surface area (Å²) in [7, 11) is 1.80. The molecule has 0 aromatic rings. The number of rotatable bonds is 7. The molecule has 0 saturated carbocycles. The molecule has 18 heavy (non-hydrogen) atoms. The second kappa shape index (κ2) is 8.43. The summed E-state index contributed by atoms with van der Waals surface area (Å²) in [6.45, 7) is 8.45. The molecule has 1 atom stereocenters. The molecule has 0 bridgehead atoms. The topological polar surface area (TPSA) is 45.7 Å². The van der Waals surface area contributed by atoms with Gasteiger partial charge in [-0.3, -0.25) is 4.99 Å². The van der Waals surface area contributed by atoms with Crippen molar-refractivity contribution in [1.82, 2.24) is 10.6 Å². The van der Waals surface area contributed by atoms with Crippen LogP contribution in [0.2, 0.25) is 0 Å². The summed E-state index contributed by atoms with van der Waals surface area (Å²) in [6.07, 6.45) is 4.20. The van der Waals surface area contributed by atoms with E-state index >= 15 is 0 Å². The van der Waals surface area contributed by atoms with Gasteiger partial charge in [-0.15, -0.1) is 6.58 Å². The number of aliphatic imine (C=N–C) groups is 1. The van der Waals surface area contributed by atoms with Gasteiger partial charge in [-0.2, -0.15) is 11.8 Å². The summed E-state index contributed by atoms with van der Waals surface area (Å²) in [6, 6.07) is 0. The average molecular weight is 271 g/mol. The standard InChI is InChI=1S/C13H25N3OS/c1-4-9-18-10-7-15-12(14-3)16-11-13(2)6-5-8-17-13/h4H,1,5-11H2,2-3H3,(H2,14,15,16). The lowest BCUT2D eigenvalue weighted by atomic mass is 10.0. The smallest absolute Gasteiger partial charge is 0.191 e. The quantitative estimate of drug-likeness (QED) is 0.320. The maximum Gasteiger partial charge on any atom is 0.191 e. The average Bonchev–Trinajstić information content (AvgIpc) is 2.80. The van der Waals surface area contributed by atoms with Gasteiger partial charge in [-0.05, 0) is 19.8 Å². The van der Waals surface area contributed by atoms with Crippen molar-refractivity contribution in [1.29, 1.82) is 0 Å². The van der Waals surface area contributed by atoms with Gasteiger partial charge in [0, 0.05) is 38.2 Å². The van der Waals surface area contributed by atoms with Crippen molar-refractivity contribution in [2.75, 3.05) is 38.2 Å². The van der Waals surface area contributed by atoms with Crippen LogP contribution in [0.25, 0.3) is 0 Å². The first-order valence-corrected chi connectivity index (χ1v) is 7.63. The fourth-order valence-corrected chi connectivity index (χ4v) is 2.46. The predicted octanol–water partition coefficient (Wildman–Crippen LogP) is 1.64. The lowest BCUT2D eigenvalue weighted by molar-refractivity contribution is 0.0243. The maximum absolute atomic E-state index is 5.73. The van der Waals surface area contributed by atoms with E-state index in [1.54, 1.807) is 7.05 Å². The summed E-state index contributed by atoms with van der Waals surface area (Å²) >= 11 is 1.86. The van der Waals surface area contributed by atoms with Crippen molar-refractivity contribution >= 4 is 17.7 Å². The molecule has 0 radical (unpaired) electrons. The third kappa shape index (κ3) is 5.78. The Balaban J connectivity index is 2.15. The monoisotopic (exact) mass is 271 g/mol. The van der Waals surface area contributed by atoms with Crippen molar-refractivity contribution < 1.29 is 4.74 Å². The van der Waals surface area contributed by atoms with Gasteiger partial charge in [0.25, 0.3) is 0 Å². The number of thioether (sulfide) groups is 1. The van der Waals surface area contributed by atoms with E-state index in [0.717, 1.165) is 50.0 Å². The maximum atomic E-state index is 5.73. The zero-order valence-electron chi connectivity index (χ0n) is 11.5. The zero-order valence-corrected chi connectivity index (χ0v) is 12.3. The molecule has 1 fully saturated rings. The van der Waals surface area contributed by atoms with Crippen LogP contribution in [0.15, 0.2) is 17.6 Å². The van der Waals surface area contributed by atoms with Crippen LogP contribution in [0.4, 0.5) is 0 Å². The van der Waals surface area contributed by atoms with Crippen LogP contribution in [-0.2, 0) is 4.74 Å². The van der Waals surface area contributed by atoms with E-state index in [9.17, 15) is 0 Å². The molecule has 5 heteroatoms. The van der Waals surface area contributed by atoms with Gasteiger partial charge in [-0.25, -0.2) is 0 Å². The van der Waals surface area contributed by atoms with Crippen molar-refractivity contribution in [2.24, 2.45) is 4.99 Å². The van der Waals surface area contributed by atoms with Gasteiger partial charge in [0.2, 0.25) is 0 Å². The SMILES string of the molecule is C=CCSCCNC(=NC)NCC1(C)CCCO1. The van der Waals surface area contributed by atoms with Crippen molar-refractivity contribution in [3.05, 3.63) is 12.7 Å². The Bertz CT molecular complexity index is 275. The second-order valence-corrected chi connectivity index (χ2v) is 5.77. The highest BCUT2D eigenvalue weighted by Gasteiger charge is 2.29. The molecule has 1 unspecified atom stereocenters. The van der Waals surface area contributed by atoms with Gasteiger partial charge in [0.1, 0.15) is 0 Å². The van der Waals surface area contributed by atoms with Crippen molar-refractivity contribution in [3.63, 3.8) is 0 Å². The minimum Gasteiger partial charge on any atom is -0.373 e. The molecular weight excluding hydrogens is 246 g/mol. The van der Waals surface area contributed by atoms with E-state index in [1.807, 2.05) is 17.8 Å². The lowest BCUT2D eigenvalue weighted by Crippen LogP contribution is -2.46. The fourth-order valence-electron chi connectivity index (χ4n) is 1.88. The van der Waals surface area contributed by atoms with E-state index in [-0.39, 0.29) is 5.60 Å². The Hall–Kier alpha value is -0.680. The molecule has 1 rings (SSSR count). The number of hydrogen-bond donors (Lipinski definition) is 2. The third-order valence-corrected chi connectivity index (χ3v) is 3.89. The Kier molecular flexibility index (Phi) is 7.20.